The molecule has 0 aliphatic rings. The van der Waals surface area contributed by atoms with E-state index >= 15 is 0 Å². The molecule has 0 atom stereocenters. The Morgan fingerprint density at radius 3 is 2.30 bits per heavy atom. The Bertz CT molecular complexity index is 323. The van der Waals surface area contributed by atoms with Gasteiger partial charge < -0.3 is 4.98 Å². The summed E-state index contributed by atoms with van der Waals surface area (Å²) in [5.41, 5.74) is 0.697. The Hall–Kier alpha value is -0.770. The second-order valence-corrected chi connectivity index (χ2v) is 4.22. The molecule has 0 saturated carbocycles. The molecule has 4 heteroatoms. The second kappa shape index (κ2) is 2.12. The summed E-state index contributed by atoms with van der Waals surface area (Å²) in [5.74, 6) is 0. The topological polar surface area (TPSA) is 49.9 Å². The maximum Gasteiger partial charge on any atom is 0.177 e. The van der Waals surface area contributed by atoms with Crippen molar-refractivity contribution in [3.05, 3.63) is 18.0 Å². The van der Waals surface area contributed by atoms with E-state index < -0.39 is 9.84 Å². The van der Waals surface area contributed by atoms with E-state index in [1.165, 1.54) is 6.26 Å². The maximum atomic E-state index is 10.9. The van der Waals surface area contributed by atoms with E-state index in [9.17, 15) is 8.42 Å². The second-order valence-electron chi connectivity index (χ2n) is 2.24. The summed E-state index contributed by atoms with van der Waals surface area (Å²) in [6, 6.07) is 1.56. The molecule has 0 bridgehead atoms. The summed E-state index contributed by atoms with van der Waals surface area (Å²) >= 11 is 0. The van der Waals surface area contributed by atoms with Crippen molar-refractivity contribution < 1.29 is 8.42 Å². The first-order valence-corrected chi connectivity index (χ1v) is 4.75. The van der Waals surface area contributed by atoms with Crippen molar-refractivity contribution in [3.8, 4) is 0 Å². The summed E-state index contributed by atoms with van der Waals surface area (Å²) in [7, 11) is -3.02. The Balaban J connectivity index is 3.32. The van der Waals surface area contributed by atoms with E-state index in [0.29, 0.717) is 10.6 Å². The fourth-order valence-electron chi connectivity index (χ4n) is 0.840. The minimum atomic E-state index is -3.02. The Kier molecular flexibility index (Phi) is 1.56. The zero-order chi connectivity index (χ0) is 7.78. The molecule has 0 aromatic carbocycles. The molecule has 0 saturated heterocycles. The molecule has 0 aliphatic carbocycles. The molecule has 1 rings (SSSR count). The zero-order valence-corrected chi connectivity index (χ0v) is 6.70. The van der Waals surface area contributed by atoms with E-state index in [1.54, 1.807) is 19.2 Å². The SMILES string of the molecule is Cc1[nH]ccc1S(C)(=O)=O. The van der Waals surface area contributed by atoms with Crippen molar-refractivity contribution >= 4 is 9.84 Å². The van der Waals surface area contributed by atoms with Gasteiger partial charge in [-0.2, -0.15) is 0 Å². The zero-order valence-electron chi connectivity index (χ0n) is 5.88. The summed E-state index contributed by atoms with van der Waals surface area (Å²) in [6.07, 6.45) is 2.81. The quantitative estimate of drug-likeness (QED) is 0.656. The smallest absolute Gasteiger partial charge is 0.177 e. The molecule has 1 aromatic rings. The highest BCUT2D eigenvalue weighted by Crippen LogP contribution is 2.11. The lowest BCUT2D eigenvalue weighted by Gasteiger charge is -1.92. The molecule has 0 radical (unpaired) electrons. The number of rotatable bonds is 1. The monoisotopic (exact) mass is 159 g/mol. The van der Waals surface area contributed by atoms with Crippen LogP contribution in [0, 0.1) is 6.92 Å². The van der Waals surface area contributed by atoms with Gasteiger partial charge in [-0.3, -0.25) is 0 Å². The molecule has 0 amide bonds. The first kappa shape index (κ1) is 7.34. The van der Waals surface area contributed by atoms with Crippen LogP contribution in [-0.2, 0) is 9.84 Å². The Morgan fingerprint density at radius 1 is 1.50 bits per heavy atom. The van der Waals surface area contributed by atoms with Gasteiger partial charge in [-0.05, 0) is 13.0 Å². The van der Waals surface area contributed by atoms with Crippen molar-refractivity contribution in [1.29, 1.82) is 0 Å². The molecule has 0 fully saturated rings. The summed E-state index contributed by atoms with van der Waals surface area (Å²) < 4.78 is 21.8. The number of sulfone groups is 1. The molecule has 10 heavy (non-hydrogen) atoms. The van der Waals surface area contributed by atoms with Crippen LogP contribution >= 0.6 is 0 Å². The van der Waals surface area contributed by atoms with E-state index in [-0.39, 0.29) is 0 Å². The molecule has 0 spiro atoms. The van der Waals surface area contributed by atoms with Gasteiger partial charge in [0.25, 0.3) is 0 Å². The third kappa shape index (κ3) is 1.21. The van der Waals surface area contributed by atoms with E-state index in [4.69, 9.17) is 0 Å². The van der Waals surface area contributed by atoms with Crippen LogP contribution in [0.1, 0.15) is 5.69 Å². The van der Waals surface area contributed by atoms with Gasteiger partial charge in [0.1, 0.15) is 0 Å². The van der Waals surface area contributed by atoms with E-state index in [2.05, 4.69) is 4.98 Å². The van der Waals surface area contributed by atoms with Crippen molar-refractivity contribution in [2.24, 2.45) is 0 Å². The number of aryl methyl sites for hydroxylation is 1. The highest BCUT2D eigenvalue weighted by atomic mass is 32.2. The van der Waals surface area contributed by atoms with Gasteiger partial charge in [0.05, 0.1) is 4.90 Å². The molecule has 56 valence electrons. The van der Waals surface area contributed by atoms with Crippen LogP contribution < -0.4 is 0 Å². The molecule has 1 aromatic heterocycles. The van der Waals surface area contributed by atoms with E-state index in [1.807, 2.05) is 0 Å². The van der Waals surface area contributed by atoms with Gasteiger partial charge in [-0.1, -0.05) is 0 Å². The molecule has 1 N–H and O–H groups in total. The number of hydrogen-bond acceptors (Lipinski definition) is 2. The summed E-state index contributed by atoms with van der Waals surface area (Å²) in [5, 5.41) is 0. The molecule has 0 aliphatic heterocycles. The van der Waals surface area contributed by atoms with Crippen LogP contribution in [0.5, 0.6) is 0 Å². The molecule has 1 heterocycles. The molecule has 3 nitrogen and oxygen atoms in total. The first-order valence-electron chi connectivity index (χ1n) is 2.86. The average molecular weight is 159 g/mol. The molecular formula is C6H9NO2S. The fourth-order valence-corrected chi connectivity index (χ4v) is 1.77. The van der Waals surface area contributed by atoms with E-state index in [0.717, 1.165) is 0 Å². The first-order chi connectivity index (χ1) is 4.52. The predicted molar refractivity (Wildman–Crippen MR) is 38.6 cm³/mol. The van der Waals surface area contributed by atoms with Crippen LogP contribution in [0.25, 0.3) is 0 Å². The van der Waals surface area contributed by atoms with Crippen LogP contribution in [0.2, 0.25) is 0 Å². The average Bonchev–Trinajstić information content (AvgIpc) is 2.11. The van der Waals surface area contributed by atoms with Crippen molar-refractivity contribution in [1.82, 2.24) is 4.98 Å². The number of hydrogen-bond donors (Lipinski definition) is 1. The standard InChI is InChI=1S/C6H9NO2S/c1-5-6(3-4-7-5)10(2,8)9/h3-4,7H,1-2H3. The summed E-state index contributed by atoms with van der Waals surface area (Å²) in [6.45, 7) is 1.73. The van der Waals surface area contributed by atoms with Gasteiger partial charge in [-0.25, -0.2) is 8.42 Å². The third-order valence-corrected chi connectivity index (χ3v) is 2.54. The normalized spacial score (nSPS) is 11.8. The largest absolute Gasteiger partial charge is 0.364 e. The maximum absolute atomic E-state index is 10.9. The Labute approximate surface area is 60.0 Å². The lowest BCUT2D eigenvalue weighted by molar-refractivity contribution is 0.601. The Morgan fingerprint density at radius 2 is 2.10 bits per heavy atom. The van der Waals surface area contributed by atoms with Gasteiger partial charge in [0, 0.05) is 18.1 Å². The summed E-state index contributed by atoms with van der Waals surface area (Å²) in [4.78, 5) is 3.18. The van der Waals surface area contributed by atoms with Gasteiger partial charge >= 0.3 is 0 Å². The van der Waals surface area contributed by atoms with Crippen molar-refractivity contribution in [2.75, 3.05) is 6.26 Å². The minimum Gasteiger partial charge on any atom is -0.364 e. The highest BCUT2D eigenvalue weighted by molar-refractivity contribution is 7.90. The number of aromatic amines is 1. The van der Waals surface area contributed by atoms with Crippen LogP contribution in [0.4, 0.5) is 0 Å². The van der Waals surface area contributed by atoms with Crippen LogP contribution in [0.15, 0.2) is 17.2 Å². The lowest BCUT2D eigenvalue weighted by atomic mass is 10.5. The third-order valence-electron chi connectivity index (χ3n) is 1.30. The van der Waals surface area contributed by atoms with Gasteiger partial charge in [0.15, 0.2) is 9.84 Å². The fraction of sp³-hybridized carbons (Fsp3) is 0.333. The number of aromatic nitrogens is 1. The minimum absolute atomic E-state index is 0.382. The number of nitrogens with one attached hydrogen (secondary N) is 1. The lowest BCUT2D eigenvalue weighted by Crippen LogP contribution is -1.96. The van der Waals surface area contributed by atoms with Gasteiger partial charge in [0.2, 0.25) is 0 Å². The van der Waals surface area contributed by atoms with Crippen LogP contribution in [-0.4, -0.2) is 19.7 Å². The van der Waals surface area contributed by atoms with Crippen molar-refractivity contribution in [2.45, 2.75) is 11.8 Å². The highest BCUT2D eigenvalue weighted by Gasteiger charge is 2.09. The number of H-pyrrole nitrogens is 1. The molecular weight excluding hydrogens is 150 g/mol. The predicted octanol–water partition coefficient (Wildman–Crippen LogP) is 0.727. The van der Waals surface area contributed by atoms with Crippen molar-refractivity contribution in [3.63, 3.8) is 0 Å². The van der Waals surface area contributed by atoms with Gasteiger partial charge in [-0.15, -0.1) is 0 Å². The van der Waals surface area contributed by atoms with Crippen LogP contribution in [0.3, 0.4) is 0 Å². The molecule has 0 unspecified atom stereocenters.